The third kappa shape index (κ3) is 4.33. The van der Waals surface area contributed by atoms with Crippen LogP contribution in [-0.2, 0) is 0 Å². The SMILES string of the molecule is C=CCC[C@@H](N)c1cc(OC)c(OC)cc1OC.Cl. The van der Waals surface area contributed by atoms with Crippen LogP contribution in [0.25, 0.3) is 0 Å². The van der Waals surface area contributed by atoms with Gasteiger partial charge in [0.05, 0.1) is 21.3 Å². The summed E-state index contributed by atoms with van der Waals surface area (Å²) in [6, 6.07) is 3.55. The van der Waals surface area contributed by atoms with E-state index in [0.29, 0.717) is 17.2 Å². The molecule has 0 aliphatic heterocycles. The molecule has 19 heavy (non-hydrogen) atoms. The van der Waals surface area contributed by atoms with E-state index in [1.807, 2.05) is 12.1 Å². The molecule has 0 fully saturated rings. The van der Waals surface area contributed by atoms with Gasteiger partial charge in [-0.05, 0) is 18.9 Å². The van der Waals surface area contributed by atoms with E-state index in [0.717, 1.165) is 18.4 Å². The van der Waals surface area contributed by atoms with Gasteiger partial charge in [0.2, 0.25) is 0 Å². The Hall–Kier alpha value is -1.39. The maximum Gasteiger partial charge on any atom is 0.164 e. The van der Waals surface area contributed by atoms with Crippen molar-refractivity contribution < 1.29 is 14.2 Å². The summed E-state index contributed by atoms with van der Waals surface area (Å²) in [7, 11) is 4.81. The lowest BCUT2D eigenvalue weighted by Crippen LogP contribution is -2.11. The number of allylic oxidation sites excluding steroid dienone is 1. The normalized spacial score (nSPS) is 11.2. The molecule has 0 saturated carbocycles. The Balaban J connectivity index is 0.00000324. The fourth-order valence-electron chi connectivity index (χ4n) is 1.80. The number of halogens is 1. The zero-order valence-corrected chi connectivity index (χ0v) is 12.5. The molecule has 108 valence electrons. The van der Waals surface area contributed by atoms with Gasteiger partial charge in [-0.2, -0.15) is 0 Å². The van der Waals surface area contributed by atoms with Gasteiger partial charge in [0.1, 0.15) is 5.75 Å². The molecule has 1 aromatic carbocycles. The molecule has 0 spiro atoms. The first-order valence-corrected chi connectivity index (χ1v) is 5.84. The van der Waals surface area contributed by atoms with Crippen LogP contribution in [0.5, 0.6) is 17.2 Å². The van der Waals surface area contributed by atoms with Crippen LogP contribution < -0.4 is 19.9 Å². The molecular weight excluding hydrogens is 266 g/mol. The van der Waals surface area contributed by atoms with E-state index < -0.39 is 0 Å². The summed E-state index contributed by atoms with van der Waals surface area (Å²) in [5.74, 6) is 2.00. The number of nitrogens with two attached hydrogens (primary N) is 1. The van der Waals surface area contributed by atoms with E-state index in [-0.39, 0.29) is 18.4 Å². The van der Waals surface area contributed by atoms with Gasteiger partial charge < -0.3 is 19.9 Å². The van der Waals surface area contributed by atoms with Crippen LogP contribution in [0.3, 0.4) is 0 Å². The molecule has 0 saturated heterocycles. The number of rotatable bonds is 7. The van der Waals surface area contributed by atoms with Gasteiger partial charge in [0.15, 0.2) is 11.5 Å². The molecule has 0 aliphatic rings. The standard InChI is InChI=1S/C14H21NO3.ClH/c1-5-6-7-11(15)10-8-13(17-3)14(18-4)9-12(10)16-2;/h5,8-9,11H,1,6-7,15H2,2-4H3;1H/t11-;/m1./s1. The Morgan fingerprint density at radius 3 is 2.11 bits per heavy atom. The molecular formula is C14H22ClNO3. The Kier molecular flexibility index (Phi) is 8.03. The first-order chi connectivity index (χ1) is 8.67. The Morgan fingerprint density at radius 1 is 1.11 bits per heavy atom. The summed E-state index contributed by atoms with van der Waals surface area (Å²) >= 11 is 0. The predicted molar refractivity (Wildman–Crippen MR) is 79.7 cm³/mol. The highest BCUT2D eigenvalue weighted by atomic mass is 35.5. The number of hydrogen-bond acceptors (Lipinski definition) is 4. The van der Waals surface area contributed by atoms with Gasteiger partial charge in [-0.1, -0.05) is 6.08 Å². The van der Waals surface area contributed by atoms with Crippen molar-refractivity contribution in [2.75, 3.05) is 21.3 Å². The Morgan fingerprint density at radius 2 is 1.63 bits per heavy atom. The topological polar surface area (TPSA) is 53.7 Å². The number of methoxy groups -OCH3 is 3. The summed E-state index contributed by atoms with van der Waals surface area (Å²) < 4.78 is 15.9. The van der Waals surface area contributed by atoms with Crippen LogP contribution >= 0.6 is 12.4 Å². The molecule has 0 unspecified atom stereocenters. The molecule has 2 N–H and O–H groups in total. The second kappa shape index (κ2) is 8.67. The molecule has 0 bridgehead atoms. The van der Waals surface area contributed by atoms with E-state index in [4.69, 9.17) is 19.9 Å². The predicted octanol–water partition coefficient (Wildman–Crippen LogP) is 3.10. The van der Waals surface area contributed by atoms with E-state index >= 15 is 0 Å². The third-order valence-corrected chi connectivity index (χ3v) is 2.82. The zero-order chi connectivity index (χ0) is 13.5. The first kappa shape index (κ1) is 17.6. The molecule has 0 heterocycles. The molecule has 1 atom stereocenters. The summed E-state index contributed by atoms with van der Waals surface area (Å²) in [5, 5.41) is 0. The van der Waals surface area contributed by atoms with Crippen LogP contribution in [0, 0.1) is 0 Å². The fraction of sp³-hybridized carbons (Fsp3) is 0.429. The quantitative estimate of drug-likeness (QED) is 0.783. The van der Waals surface area contributed by atoms with Crippen LogP contribution in [0.2, 0.25) is 0 Å². The third-order valence-electron chi connectivity index (χ3n) is 2.82. The van der Waals surface area contributed by atoms with Crippen molar-refractivity contribution >= 4 is 12.4 Å². The molecule has 5 heteroatoms. The van der Waals surface area contributed by atoms with Gasteiger partial charge in [-0.3, -0.25) is 0 Å². The highest BCUT2D eigenvalue weighted by Gasteiger charge is 2.16. The number of ether oxygens (including phenoxy) is 3. The van der Waals surface area contributed by atoms with Crippen molar-refractivity contribution in [3.8, 4) is 17.2 Å². The lowest BCUT2D eigenvalue weighted by Gasteiger charge is -2.18. The maximum absolute atomic E-state index is 6.15. The molecule has 4 nitrogen and oxygen atoms in total. The molecule has 0 radical (unpaired) electrons. The van der Waals surface area contributed by atoms with Crippen molar-refractivity contribution in [1.29, 1.82) is 0 Å². The first-order valence-electron chi connectivity index (χ1n) is 5.84. The van der Waals surface area contributed by atoms with Crippen molar-refractivity contribution in [2.45, 2.75) is 18.9 Å². The Labute approximate surface area is 120 Å². The van der Waals surface area contributed by atoms with E-state index in [1.165, 1.54) is 0 Å². The van der Waals surface area contributed by atoms with Crippen LogP contribution in [0.1, 0.15) is 24.4 Å². The van der Waals surface area contributed by atoms with Crippen molar-refractivity contribution in [3.63, 3.8) is 0 Å². The monoisotopic (exact) mass is 287 g/mol. The second-order valence-electron chi connectivity index (χ2n) is 3.92. The van der Waals surface area contributed by atoms with Gasteiger partial charge >= 0.3 is 0 Å². The van der Waals surface area contributed by atoms with E-state index in [9.17, 15) is 0 Å². The lowest BCUT2D eigenvalue weighted by molar-refractivity contribution is 0.346. The van der Waals surface area contributed by atoms with Crippen molar-refractivity contribution in [2.24, 2.45) is 5.73 Å². The molecule has 1 rings (SSSR count). The van der Waals surface area contributed by atoms with Gasteiger partial charge in [-0.25, -0.2) is 0 Å². The highest BCUT2D eigenvalue weighted by molar-refractivity contribution is 5.85. The zero-order valence-electron chi connectivity index (χ0n) is 11.6. The molecule has 0 aromatic heterocycles. The summed E-state index contributed by atoms with van der Waals surface area (Å²) in [4.78, 5) is 0. The van der Waals surface area contributed by atoms with Crippen LogP contribution in [0.15, 0.2) is 24.8 Å². The van der Waals surface area contributed by atoms with Crippen molar-refractivity contribution in [1.82, 2.24) is 0 Å². The van der Waals surface area contributed by atoms with E-state index in [2.05, 4.69) is 6.58 Å². The van der Waals surface area contributed by atoms with Crippen molar-refractivity contribution in [3.05, 3.63) is 30.4 Å². The highest BCUT2D eigenvalue weighted by Crippen LogP contribution is 2.37. The van der Waals surface area contributed by atoms with Gasteiger partial charge in [0, 0.05) is 17.7 Å². The minimum atomic E-state index is -0.113. The Bertz CT molecular complexity index is 410. The number of hydrogen-bond donors (Lipinski definition) is 1. The summed E-state index contributed by atoms with van der Waals surface area (Å²) in [6.45, 7) is 3.70. The van der Waals surface area contributed by atoms with Gasteiger partial charge in [-0.15, -0.1) is 19.0 Å². The van der Waals surface area contributed by atoms with E-state index in [1.54, 1.807) is 27.4 Å². The maximum atomic E-state index is 6.15. The smallest absolute Gasteiger partial charge is 0.164 e. The van der Waals surface area contributed by atoms with Gasteiger partial charge in [0.25, 0.3) is 0 Å². The molecule has 1 aromatic rings. The fourth-order valence-corrected chi connectivity index (χ4v) is 1.80. The average molecular weight is 288 g/mol. The summed E-state index contributed by atoms with van der Waals surface area (Å²) in [5.41, 5.74) is 7.06. The molecule has 0 aliphatic carbocycles. The molecule has 0 amide bonds. The van der Waals surface area contributed by atoms with Crippen LogP contribution in [-0.4, -0.2) is 21.3 Å². The lowest BCUT2D eigenvalue weighted by atomic mass is 10.0. The minimum absolute atomic E-state index is 0. The second-order valence-corrected chi connectivity index (χ2v) is 3.92. The number of benzene rings is 1. The largest absolute Gasteiger partial charge is 0.496 e. The summed E-state index contributed by atoms with van der Waals surface area (Å²) in [6.07, 6.45) is 3.53. The van der Waals surface area contributed by atoms with Crippen LogP contribution in [0.4, 0.5) is 0 Å². The minimum Gasteiger partial charge on any atom is -0.496 e. The average Bonchev–Trinajstić information content (AvgIpc) is 2.42.